The normalized spacial score (nSPS) is 19.0. The van der Waals surface area contributed by atoms with E-state index in [4.69, 9.17) is 14.2 Å². The predicted molar refractivity (Wildman–Crippen MR) is 110 cm³/mol. The molecule has 2 aromatic carbocycles. The summed E-state index contributed by atoms with van der Waals surface area (Å²) in [6.07, 6.45) is 3.36. The number of Topliss-reactive ketones (excluding diaryl/α,β-unsaturated/α-hetero) is 1. The molecule has 1 saturated heterocycles. The summed E-state index contributed by atoms with van der Waals surface area (Å²) in [7, 11) is 1.59. The Morgan fingerprint density at radius 3 is 2.73 bits per heavy atom. The van der Waals surface area contributed by atoms with Gasteiger partial charge in [-0.1, -0.05) is 12.1 Å². The average Bonchev–Trinajstić information content (AvgIpc) is 3.37. The molecule has 2 heterocycles. The van der Waals surface area contributed by atoms with Crippen molar-refractivity contribution in [3.05, 3.63) is 59.4 Å². The van der Waals surface area contributed by atoms with Crippen LogP contribution in [0, 0.1) is 0 Å². The van der Waals surface area contributed by atoms with Crippen LogP contribution in [0.15, 0.2) is 48.2 Å². The molecule has 2 aromatic rings. The molecule has 2 aliphatic heterocycles. The minimum atomic E-state index is -0.203. The number of hydrogen-bond acceptors (Lipinski definition) is 6. The van der Waals surface area contributed by atoms with Gasteiger partial charge in [0.2, 0.25) is 5.78 Å². The van der Waals surface area contributed by atoms with E-state index in [0.29, 0.717) is 23.6 Å². The fourth-order valence-corrected chi connectivity index (χ4v) is 3.69. The van der Waals surface area contributed by atoms with Crippen LogP contribution in [0.25, 0.3) is 6.08 Å². The maximum Gasteiger partial charge on any atom is 0.260 e. The number of allylic oxidation sites excluding steroid dienone is 1. The fourth-order valence-electron chi connectivity index (χ4n) is 3.69. The number of fused-ring (bicyclic) bond motifs is 1. The van der Waals surface area contributed by atoms with E-state index >= 15 is 0 Å². The summed E-state index contributed by atoms with van der Waals surface area (Å²) in [5, 5.41) is 9.36. The Morgan fingerprint density at radius 2 is 2.00 bits per heavy atom. The van der Waals surface area contributed by atoms with Crippen molar-refractivity contribution in [1.29, 1.82) is 0 Å². The van der Waals surface area contributed by atoms with E-state index in [1.54, 1.807) is 36.3 Å². The SMILES string of the molecule is COc1ccc(C=C2Oc3cc(OCC(=O)N4CCCC4CO)ccc3C2=O)cc1. The third-order valence-corrected chi connectivity index (χ3v) is 5.33. The molecule has 2 aliphatic rings. The number of carbonyl (C=O) groups is 2. The summed E-state index contributed by atoms with van der Waals surface area (Å²) < 4.78 is 16.5. The first kappa shape index (κ1) is 20.0. The van der Waals surface area contributed by atoms with Gasteiger partial charge in [-0.3, -0.25) is 9.59 Å². The third-order valence-electron chi connectivity index (χ3n) is 5.33. The number of likely N-dealkylation sites (tertiary alicyclic amines) is 1. The molecule has 0 aliphatic carbocycles. The Bertz CT molecular complexity index is 982. The molecule has 0 bridgehead atoms. The summed E-state index contributed by atoms with van der Waals surface area (Å²) in [5.74, 6) is 1.44. The van der Waals surface area contributed by atoms with E-state index in [9.17, 15) is 14.7 Å². The molecule has 7 heteroatoms. The number of aliphatic hydroxyl groups excluding tert-OH is 1. The lowest BCUT2D eigenvalue weighted by molar-refractivity contribution is -0.134. The Labute approximate surface area is 174 Å². The standard InChI is InChI=1S/C23H23NO6/c1-28-17-6-4-15(5-7-17)11-21-23(27)19-9-8-18(12-20(19)30-21)29-14-22(26)24-10-2-3-16(24)13-25/h4-9,11-12,16,25H,2-3,10,13-14H2,1H3. The van der Waals surface area contributed by atoms with E-state index in [2.05, 4.69) is 0 Å². The van der Waals surface area contributed by atoms with Crippen LogP contribution in [0.5, 0.6) is 17.2 Å². The molecule has 156 valence electrons. The first-order valence-electron chi connectivity index (χ1n) is 9.84. The zero-order valence-electron chi connectivity index (χ0n) is 16.7. The van der Waals surface area contributed by atoms with E-state index < -0.39 is 0 Å². The van der Waals surface area contributed by atoms with Gasteiger partial charge in [-0.25, -0.2) is 0 Å². The topological polar surface area (TPSA) is 85.3 Å². The van der Waals surface area contributed by atoms with Gasteiger partial charge in [0.15, 0.2) is 12.4 Å². The smallest absolute Gasteiger partial charge is 0.260 e. The lowest BCUT2D eigenvalue weighted by Crippen LogP contribution is -2.40. The lowest BCUT2D eigenvalue weighted by Gasteiger charge is -2.22. The highest BCUT2D eigenvalue weighted by Crippen LogP contribution is 2.35. The van der Waals surface area contributed by atoms with E-state index in [1.807, 2.05) is 24.3 Å². The van der Waals surface area contributed by atoms with Gasteiger partial charge in [0.25, 0.3) is 5.91 Å². The maximum atomic E-state index is 12.6. The van der Waals surface area contributed by atoms with Crippen molar-refractivity contribution in [2.45, 2.75) is 18.9 Å². The molecular formula is C23H23NO6. The summed E-state index contributed by atoms with van der Waals surface area (Å²) >= 11 is 0. The van der Waals surface area contributed by atoms with Crippen LogP contribution in [0.4, 0.5) is 0 Å². The third kappa shape index (κ3) is 4.02. The lowest BCUT2D eigenvalue weighted by atomic mass is 10.1. The van der Waals surface area contributed by atoms with Gasteiger partial charge in [0.05, 0.1) is 25.3 Å². The van der Waals surface area contributed by atoms with Crippen molar-refractivity contribution in [2.24, 2.45) is 0 Å². The summed E-state index contributed by atoms with van der Waals surface area (Å²) in [4.78, 5) is 26.6. The zero-order valence-corrected chi connectivity index (χ0v) is 16.7. The van der Waals surface area contributed by atoms with Crippen LogP contribution in [0.3, 0.4) is 0 Å². The van der Waals surface area contributed by atoms with Crippen molar-refractivity contribution < 1.29 is 28.9 Å². The highest BCUT2D eigenvalue weighted by atomic mass is 16.5. The Balaban J connectivity index is 1.42. The average molecular weight is 409 g/mol. The van der Waals surface area contributed by atoms with Crippen molar-refractivity contribution in [2.75, 3.05) is 26.9 Å². The van der Waals surface area contributed by atoms with Gasteiger partial charge in [-0.05, 0) is 48.7 Å². The molecule has 1 amide bonds. The van der Waals surface area contributed by atoms with Crippen LogP contribution in [-0.2, 0) is 4.79 Å². The minimum Gasteiger partial charge on any atom is -0.497 e. The summed E-state index contributed by atoms with van der Waals surface area (Å²) in [5.41, 5.74) is 1.27. The van der Waals surface area contributed by atoms with Crippen LogP contribution >= 0.6 is 0 Å². The van der Waals surface area contributed by atoms with Crippen molar-refractivity contribution in [1.82, 2.24) is 4.90 Å². The van der Waals surface area contributed by atoms with Gasteiger partial charge >= 0.3 is 0 Å². The van der Waals surface area contributed by atoms with Gasteiger partial charge in [-0.2, -0.15) is 0 Å². The number of ketones is 1. The second kappa shape index (κ2) is 8.59. The number of benzene rings is 2. The van der Waals surface area contributed by atoms with Crippen molar-refractivity contribution in [3.63, 3.8) is 0 Å². The molecule has 7 nitrogen and oxygen atoms in total. The molecule has 1 atom stereocenters. The maximum absolute atomic E-state index is 12.6. The molecular weight excluding hydrogens is 386 g/mol. The summed E-state index contributed by atoms with van der Waals surface area (Å²) in [6.45, 7) is 0.469. The molecule has 30 heavy (non-hydrogen) atoms. The van der Waals surface area contributed by atoms with Crippen LogP contribution in [0.1, 0.15) is 28.8 Å². The van der Waals surface area contributed by atoms with Crippen LogP contribution in [-0.4, -0.2) is 54.6 Å². The van der Waals surface area contributed by atoms with Crippen LogP contribution in [0.2, 0.25) is 0 Å². The monoisotopic (exact) mass is 409 g/mol. The van der Waals surface area contributed by atoms with Gasteiger partial charge in [0.1, 0.15) is 17.2 Å². The first-order chi connectivity index (χ1) is 14.6. The number of aliphatic hydroxyl groups is 1. The first-order valence-corrected chi connectivity index (χ1v) is 9.84. The fraction of sp³-hybridized carbons (Fsp3) is 0.304. The second-order valence-corrected chi connectivity index (χ2v) is 7.23. The van der Waals surface area contributed by atoms with E-state index in [1.165, 1.54) is 0 Å². The van der Waals surface area contributed by atoms with E-state index in [0.717, 1.165) is 24.2 Å². The molecule has 0 radical (unpaired) electrons. The number of hydrogen-bond donors (Lipinski definition) is 1. The van der Waals surface area contributed by atoms with Crippen LogP contribution < -0.4 is 14.2 Å². The van der Waals surface area contributed by atoms with Crippen molar-refractivity contribution >= 4 is 17.8 Å². The summed E-state index contributed by atoms with van der Waals surface area (Å²) in [6, 6.07) is 12.1. The highest BCUT2D eigenvalue weighted by molar-refractivity contribution is 6.14. The zero-order chi connectivity index (χ0) is 21.1. The number of rotatable bonds is 6. The second-order valence-electron chi connectivity index (χ2n) is 7.23. The molecule has 0 saturated carbocycles. The number of carbonyl (C=O) groups excluding carboxylic acids is 2. The molecule has 0 aromatic heterocycles. The predicted octanol–water partition coefficient (Wildman–Crippen LogP) is 2.67. The number of nitrogens with zero attached hydrogens (tertiary/aromatic N) is 1. The number of ether oxygens (including phenoxy) is 3. The minimum absolute atomic E-state index is 0.0379. The molecule has 0 spiro atoms. The molecule has 1 unspecified atom stereocenters. The van der Waals surface area contributed by atoms with Gasteiger partial charge in [-0.15, -0.1) is 0 Å². The van der Waals surface area contributed by atoms with Gasteiger partial charge in [0, 0.05) is 12.6 Å². The Kier molecular flexibility index (Phi) is 5.72. The number of amides is 1. The Hall–Kier alpha value is -3.32. The quantitative estimate of drug-likeness (QED) is 0.739. The largest absolute Gasteiger partial charge is 0.497 e. The Morgan fingerprint density at radius 1 is 1.23 bits per heavy atom. The number of methoxy groups -OCH3 is 1. The molecule has 1 fully saturated rings. The highest BCUT2D eigenvalue weighted by Gasteiger charge is 2.29. The molecule has 1 N–H and O–H groups in total. The van der Waals surface area contributed by atoms with Crippen molar-refractivity contribution in [3.8, 4) is 17.2 Å². The van der Waals surface area contributed by atoms with Gasteiger partial charge < -0.3 is 24.2 Å². The molecule has 4 rings (SSSR count). The van der Waals surface area contributed by atoms with E-state index in [-0.39, 0.29) is 36.7 Å².